The summed E-state index contributed by atoms with van der Waals surface area (Å²) < 4.78 is 5.06. The standard InChI is InChI=1S/C15H25N3O2/c1-17(2)14-7-5-13(6-8-14)15(19)18(10-4-9-16)11-12-20-3/h5-8H,4,9-12,16H2,1-3H3. The number of benzene rings is 1. The van der Waals surface area contributed by atoms with Gasteiger partial charge in [-0.15, -0.1) is 0 Å². The van der Waals surface area contributed by atoms with Gasteiger partial charge in [0.15, 0.2) is 0 Å². The second-order valence-corrected chi connectivity index (χ2v) is 4.87. The molecule has 1 aromatic rings. The molecule has 1 rings (SSSR count). The molecule has 112 valence electrons. The average molecular weight is 279 g/mol. The minimum Gasteiger partial charge on any atom is -0.383 e. The van der Waals surface area contributed by atoms with Crippen LogP contribution in [0.2, 0.25) is 0 Å². The van der Waals surface area contributed by atoms with Crippen LogP contribution in [0.4, 0.5) is 5.69 Å². The smallest absolute Gasteiger partial charge is 0.253 e. The van der Waals surface area contributed by atoms with Crippen molar-refractivity contribution < 1.29 is 9.53 Å². The Morgan fingerprint density at radius 1 is 1.20 bits per heavy atom. The van der Waals surface area contributed by atoms with E-state index in [9.17, 15) is 4.79 Å². The molecule has 5 nitrogen and oxygen atoms in total. The molecule has 0 saturated heterocycles. The lowest BCUT2D eigenvalue weighted by Gasteiger charge is -2.22. The number of rotatable bonds is 8. The van der Waals surface area contributed by atoms with Gasteiger partial charge in [0.05, 0.1) is 6.61 Å². The molecule has 0 aliphatic heterocycles. The maximum absolute atomic E-state index is 12.5. The van der Waals surface area contributed by atoms with Crippen LogP contribution in [0.15, 0.2) is 24.3 Å². The Hall–Kier alpha value is -1.59. The number of hydrogen-bond acceptors (Lipinski definition) is 4. The van der Waals surface area contributed by atoms with Crippen LogP contribution < -0.4 is 10.6 Å². The molecule has 0 aromatic heterocycles. The van der Waals surface area contributed by atoms with Crippen molar-refractivity contribution in [2.75, 3.05) is 52.3 Å². The summed E-state index contributed by atoms with van der Waals surface area (Å²) in [7, 11) is 5.59. The van der Waals surface area contributed by atoms with E-state index in [4.69, 9.17) is 10.5 Å². The molecule has 1 aromatic carbocycles. The van der Waals surface area contributed by atoms with E-state index in [-0.39, 0.29) is 5.91 Å². The van der Waals surface area contributed by atoms with Crippen molar-refractivity contribution in [2.45, 2.75) is 6.42 Å². The number of carbonyl (C=O) groups is 1. The topological polar surface area (TPSA) is 58.8 Å². The van der Waals surface area contributed by atoms with Crippen molar-refractivity contribution in [2.24, 2.45) is 5.73 Å². The van der Waals surface area contributed by atoms with Crippen LogP contribution in [0, 0.1) is 0 Å². The van der Waals surface area contributed by atoms with E-state index in [1.54, 1.807) is 12.0 Å². The van der Waals surface area contributed by atoms with Gasteiger partial charge < -0.3 is 20.3 Å². The molecule has 1 amide bonds. The second kappa shape index (κ2) is 8.55. The van der Waals surface area contributed by atoms with E-state index < -0.39 is 0 Å². The first-order chi connectivity index (χ1) is 9.60. The quantitative estimate of drug-likeness (QED) is 0.776. The van der Waals surface area contributed by atoms with E-state index in [2.05, 4.69) is 0 Å². The first kappa shape index (κ1) is 16.5. The molecule has 0 aliphatic rings. The first-order valence-corrected chi connectivity index (χ1v) is 6.85. The van der Waals surface area contributed by atoms with Crippen LogP contribution in [0.3, 0.4) is 0 Å². The van der Waals surface area contributed by atoms with E-state index in [1.807, 2.05) is 43.3 Å². The van der Waals surface area contributed by atoms with Gasteiger partial charge in [-0.1, -0.05) is 0 Å². The van der Waals surface area contributed by atoms with Gasteiger partial charge in [0.1, 0.15) is 0 Å². The van der Waals surface area contributed by atoms with E-state index in [0.717, 1.165) is 12.1 Å². The molecular weight excluding hydrogens is 254 g/mol. The Morgan fingerprint density at radius 2 is 1.85 bits per heavy atom. The summed E-state index contributed by atoms with van der Waals surface area (Å²) >= 11 is 0. The number of carbonyl (C=O) groups excluding carboxylic acids is 1. The molecule has 0 unspecified atom stereocenters. The highest BCUT2D eigenvalue weighted by molar-refractivity contribution is 5.94. The van der Waals surface area contributed by atoms with Gasteiger partial charge in [-0.3, -0.25) is 4.79 Å². The largest absolute Gasteiger partial charge is 0.383 e. The maximum atomic E-state index is 12.5. The van der Waals surface area contributed by atoms with Crippen LogP contribution in [0.1, 0.15) is 16.8 Å². The third-order valence-corrected chi connectivity index (χ3v) is 3.12. The molecule has 2 N–H and O–H groups in total. The third-order valence-electron chi connectivity index (χ3n) is 3.12. The summed E-state index contributed by atoms with van der Waals surface area (Å²) in [5.41, 5.74) is 7.30. The molecule has 0 spiro atoms. The zero-order valence-electron chi connectivity index (χ0n) is 12.6. The normalized spacial score (nSPS) is 10.4. The van der Waals surface area contributed by atoms with Crippen LogP contribution in [0.25, 0.3) is 0 Å². The molecule has 0 saturated carbocycles. The molecule has 20 heavy (non-hydrogen) atoms. The summed E-state index contributed by atoms with van der Waals surface area (Å²) in [5.74, 6) is 0.0285. The molecule has 5 heteroatoms. The maximum Gasteiger partial charge on any atom is 0.253 e. The van der Waals surface area contributed by atoms with Crippen LogP contribution >= 0.6 is 0 Å². The predicted octanol–water partition coefficient (Wildman–Crippen LogP) is 1.19. The Morgan fingerprint density at radius 3 is 2.35 bits per heavy atom. The fraction of sp³-hybridized carbons (Fsp3) is 0.533. The number of hydrogen-bond donors (Lipinski definition) is 1. The number of methoxy groups -OCH3 is 1. The molecule has 0 bridgehead atoms. The van der Waals surface area contributed by atoms with Crippen LogP contribution in [-0.4, -0.2) is 58.3 Å². The van der Waals surface area contributed by atoms with Gasteiger partial charge in [-0.2, -0.15) is 0 Å². The highest BCUT2D eigenvalue weighted by Gasteiger charge is 2.15. The van der Waals surface area contributed by atoms with Gasteiger partial charge >= 0.3 is 0 Å². The van der Waals surface area contributed by atoms with Crippen molar-refractivity contribution in [3.8, 4) is 0 Å². The van der Waals surface area contributed by atoms with E-state index in [1.165, 1.54) is 0 Å². The van der Waals surface area contributed by atoms with Crippen molar-refractivity contribution in [3.63, 3.8) is 0 Å². The lowest BCUT2D eigenvalue weighted by atomic mass is 10.1. The van der Waals surface area contributed by atoms with Gasteiger partial charge in [-0.05, 0) is 37.2 Å². The Kier molecular flexibility index (Phi) is 7.04. The van der Waals surface area contributed by atoms with Crippen LogP contribution in [0.5, 0.6) is 0 Å². The van der Waals surface area contributed by atoms with Gasteiger partial charge in [0, 0.05) is 45.5 Å². The highest BCUT2D eigenvalue weighted by Crippen LogP contribution is 2.14. The lowest BCUT2D eigenvalue weighted by Crippen LogP contribution is -2.35. The van der Waals surface area contributed by atoms with Crippen molar-refractivity contribution in [1.29, 1.82) is 0 Å². The molecule has 0 aliphatic carbocycles. The van der Waals surface area contributed by atoms with Crippen LogP contribution in [-0.2, 0) is 4.74 Å². The Balaban J connectivity index is 2.76. The fourth-order valence-corrected chi connectivity index (χ4v) is 1.88. The Labute approximate surface area is 121 Å². The summed E-state index contributed by atoms with van der Waals surface area (Å²) in [6.45, 7) is 2.36. The van der Waals surface area contributed by atoms with Gasteiger partial charge in [-0.25, -0.2) is 0 Å². The molecular formula is C15H25N3O2. The zero-order chi connectivity index (χ0) is 15.0. The summed E-state index contributed by atoms with van der Waals surface area (Å²) in [4.78, 5) is 16.3. The number of amides is 1. The number of ether oxygens (including phenoxy) is 1. The van der Waals surface area contributed by atoms with Gasteiger partial charge in [0.25, 0.3) is 5.91 Å². The lowest BCUT2D eigenvalue weighted by molar-refractivity contribution is 0.0694. The predicted molar refractivity (Wildman–Crippen MR) is 82.2 cm³/mol. The molecule has 0 fully saturated rings. The number of nitrogens with zero attached hydrogens (tertiary/aromatic N) is 2. The van der Waals surface area contributed by atoms with Crippen molar-refractivity contribution in [1.82, 2.24) is 4.90 Å². The summed E-state index contributed by atoms with van der Waals surface area (Å²) in [6, 6.07) is 7.62. The minimum atomic E-state index is 0.0285. The minimum absolute atomic E-state index is 0.0285. The van der Waals surface area contributed by atoms with E-state index >= 15 is 0 Å². The van der Waals surface area contributed by atoms with Crippen molar-refractivity contribution >= 4 is 11.6 Å². The fourth-order valence-electron chi connectivity index (χ4n) is 1.88. The Bertz CT molecular complexity index is 396. The first-order valence-electron chi connectivity index (χ1n) is 6.85. The second-order valence-electron chi connectivity index (χ2n) is 4.87. The van der Waals surface area contributed by atoms with Crippen molar-refractivity contribution in [3.05, 3.63) is 29.8 Å². The van der Waals surface area contributed by atoms with E-state index in [0.29, 0.717) is 31.8 Å². The average Bonchev–Trinajstić information content (AvgIpc) is 2.47. The summed E-state index contributed by atoms with van der Waals surface area (Å²) in [6.07, 6.45) is 0.797. The number of nitrogens with two attached hydrogens (primary N) is 1. The summed E-state index contributed by atoms with van der Waals surface area (Å²) in [5, 5.41) is 0. The van der Waals surface area contributed by atoms with Gasteiger partial charge in [0.2, 0.25) is 0 Å². The third kappa shape index (κ3) is 4.83. The molecule has 0 atom stereocenters. The zero-order valence-corrected chi connectivity index (χ0v) is 12.6. The SMILES string of the molecule is COCCN(CCCN)C(=O)c1ccc(N(C)C)cc1. The number of anilines is 1. The molecule has 0 heterocycles. The highest BCUT2D eigenvalue weighted by atomic mass is 16.5. The monoisotopic (exact) mass is 279 g/mol. The molecule has 0 radical (unpaired) electrons.